The lowest BCUT2D eigenvalue weighted by molar-refractivity contribution is -0.123. The molecule has 1 fully saturated rings. The third-order valence-electron chi connectivity index (χ3n) is 3.88. The van der Waals surface area contributed by atoms with Crippen LogP contribution in [-0.4, -0.2) is 18.0 Å². The van der Waals surface area contributed by atoms with Crippen molar-refractivity contribution in [2.24, 2.45) is 0 Å². The van der Waals surface area contributed by atoms with Crippen LogP contribution in [-0.2, 0) is 17.8 Å². The summed E-state index contributed by atoms with van der Waals surface area (Å²) in [5.74, 6) is 0.140. The summed E-state index contributed by atoms with van der Waals surface area (Å²) in [4.78, 5) is 13.4. The monoisotopic (exact) mass is 280 g/mol. The minimum atomic E-state index is -0.118. The molecule has 2 rings (SSSR count). The summed E-state index contributed by atoms with van der Waals surface area (Å²) in [7, 11) is 0. The molecule has 1 aromatic rings. The molecule has 1 aliphatic rings. The van der Waals surface area contributed by atoms with Crippen molar-refractivity contribution in [2.75, 3.05) is 0 Å². The van der Waals surface area contributed by atoms with E-state index in [1.807, 2.05) is 6.92 Å². The first-order valence-electron chi connectivity index (χ1n) is 7.29. The highest BCUT2D eigenvalue weighted by Crippen LogP contribution is 2.18. The molecule has 1 heterocycles. The maximum atomic E-state index is 12.0. The number of nitrogens with one attached hydrogen (secondary N) is 2. The van der Waals surface area contributed by atoms with Gasteiger partial charge in [0.15, 0.2) is 0 Å². The van der Waals surface area contributed by atoms with Crippen LogP contribution in [0.2, 0.25) is 0 Å². The Morgan fingerprint density at radius 1 is 1.47 bits per heavy atom. The second kappa shape index (κ2) is 7.06. The molecule has 0 saturated heterocycles. The van der Waals surface area contributed by atoms with Gasteiger partial charge in [0, 0.05) is 17.5 Å². The van der Waals surface area contributed by atoms with Crippen molar-refractivity contribution in [2.45, 2.75) is 64.6 Å². The van der Waals surface area contributed by atoms with Gasteiger partial charge in [-0.1, -0.05) is 19.8 Å². The molecule has 0 bridgehead atoms. The third-order valence-corrected chi connectivity index (χ3v) is 4.85. The van der Waals surface area contributed by atoms with Gasteiger partial charge < -0.3 is 10.6 Å². The normalized spacial score (nSPS) is 17.6. The van der Waals surface area contributed by atoms with Gasteiger partial charge in [-0.15, -0.1) is 11.3 Å². The van der Waals surface area contributed by atoms with Crippen molar-refractivity contribution >= 4 is 17.2 Å². The number of amides is 1. The van der Waals surface area contributed by atoms with Crippen LogP contribution in [0.1, 0.15) is 50.0 Å². The predicted molar refractivity (Wildman–Crippen MR) is 80.4 cm³/mol. The summed E-state index contributed by atoms with van der Waals surface area (Å²) >= 11 is 1.77. The summed E-state index contributed by atoms with van der Waals surface area (Å²) in [6.07, 6.45) is 5.85. The highest BCUT2D eigenvalue weighted by molar-refractivity contribution is 7.10. The first kappa shape index (κ1) is 14.5. The Morgan fingerprint density at radius 3 is 2.89 bits per heavy atom. The zero-order valence-corrected chi connectivity index (χ0v) is 12.7. The van der Waals surface area contributed by atoms with E-state index in [0.29, 0.717) is 6.04 Å². The van der Waals surface area contributed by atoms with Crippen LogP contribution in [0.15, 0.2) is 11.4 Å². The third kappa shape index (κ3) is 4.05. The van der Waals surface area contributed by atoms with E-state index in [-0.39, 0.29) is 11.9 Å². The fraction of sp³-hybridized carbons (Fsp3) is 0.667. The van der Waals surface area contributed by atoms with E-state index in [2.05, 4.69) is 29.0 Å². The molecule has 19 heavy (non-hydrogen) atoms. The molecule has 1 aliphatic carbocycles. The lowest BCUT2D eigenvalue weighted by Gasteiger charge is -2.17. The molecular formula is C15H24N2OS. The smallest absolute Gasteiger partial charge is 0.237 e. The van der Waals surface area contributed by atoms with E-state index in [4.69, 9.17) is 0 Å². The fourth-order valence-electron chi connectivity index (χ4n) is 2.57. The van der Waals surface area contributed by atoms with E-state index in [1.54, 1.807) is 11.3 Å². The Morgan fingerprint density at radius 2 is 2.21 bits per heavy atom. The number of carbonyl (C=O) groups is 1. The van der Waals surface area contributed by atoms with E-state index < -0.39 is 0 Å². The van der Waals surface area contributed by atoms with Gasteiger partial charge in [0.1, 0.15) is 0 Å². The summed E-state index contributed by atoms with van der Waals surface area (Å²) in [6, 6.07) is 2.46. The highest BCUT2D eigenvalue weighted by atomic mass is 32.1. The van der Waals surface area contributed by atoms with Crippen LogP contribution < -0.4 is 10.6 Å². The minimum Gasteiger partial charge on any atom is -0.352 e. The molecule has 0 radical (unpaired) electrons. The summed E-state index contributed by atoms with van der Waals surface area (Å²) < 4.78 is 0. The van der Waals surface area contributed by atoms with Crippen LogP contribution in [0.5, 0.6) is 0 Å². The molecular weight excluding hydrogens is 256 g/mol. The van der Waals surface area contributed by atoms with Gasteiger partial charge in [0.25, 0.3) is 0 Å². The van der Waals surface area contributed by atoms with Crippen LogP contribution >= 0.6 is 11.3 Å². The second-order valence-electron chi connectivity index (χ2n) is 5.32. The van der Waals surface area contributed by atoms with E-state index in [1.165, 1.54) is 23.3 Å². The topological polar surface area (TPSA) is 41.1 Å². The van der Waals surface area contributed by atoms with E-state index >= 15 is 0 Å². The highest BCUT2D eigenvalue weighted by Gasteiger charge is 2.20. The minimum absolute atomic E-state index is 0.118. The van der Waals surface area contributed by atoms with E-state index in [9.17, 15) is 4.79 Å². The molecule has 3 nitrogen and oxygen atoms in total. The molecule has 4 heteroatoms. The van der Waals surface area contributed by atoms with Crippen molar-refractivity contribution in [1.29, 1.82) is 0 Å². The quantitative estimate of drug-likeness (QED) is 0.841. The second-order valence-corrected chi connectivity index (χ2v) is 6.32. The lowest BCUT2D eigenvalue weighted by atomic mass is 10.2. The Bertz CT molecular complexity index is 410. The van der Waals surface area contributed by atoms with Gasteiger partial charge in [-0.2, -0.15) is 0 Å². The van der Waals surface area contributed by atoms with Crippen LogP contribution in [0.4, 0.5) is 0 Å². The number of carbonyl (C=O) groups excluding carboxylic acids is 1. The number of aryl methyl sites for hydroxylation is 1. The van der Waals surface area contributed by atoms with Crippen molar-refractivity contribution < 1.29 is 4.79 Å². The summed E-state index contributed by atoms with van der Waals surface area (Å²) in [5, 5.41) is 8.60. The molecule has 1 aromatic heterocycles. The molecule has 1 unspecified atom stereocenters. The zero-order chi connectivity index (χ0) is 13.7. The van der Waals surface area contributed by atoms with Crippen LogP contribution in [0.3, 0.4) is 0 Å². The largest absolute Gasteiger partial charge is 0.352 e. The average molecular weight is 280 g/mol. The van der Waals surface area contributed by atoms with Gasteiger partial charge in [-0.3, -0.25) is 4.79 Å². The van der Waals surface area contributed by atoms with Gasteiger partial charge in [0.2, 0.25) is 5.91 Å². The number of thiophene rings is 1. The number of rotatable bonds is 6. The molecule has 2 N–H and O–H groups in total. The summed E-state index contributed by atoms with van der Waals surface area (Å²) in [5.41, 5.74) is 1.39. The molecule has 0 aromatic carbocycles. The van der Waals surface area contributed by atoms with Gasteiger partial charge in [-0.25, -0.2) is 0 Å². The molecule has 1 atom stereocenters. The number of hydrogen-bond acceptors (Lipinski definition) is 3. The molecule has 0 aliphatic heterocycles. The van der Waals surface area contributed by atoms with Gasteiger partial charge in [0.05, 0.1) is 6.04 Å². The van der Waals surface area contributed by atoms with Gasteiger partial charge in [-0.05, 0) is 43.2 Å². The van der Waals surface area contributed by atoms with Crippen molar-refractivity contribution in [1.82, 2.24) is 10.6 Å². The SMILES string of the molecule is CCc1ccsc1CNC(C)C(=O)NC1CCCC1. The lowest BCUT2D eigenvalue weighted by Crippen LogP contribution is -2.45. The molecule has 1 saturated carbocycles. The van der Waals surface area contributed by atoms with Crippen molar-refractivity contribution in [3.05, 3.63) is 21.9 Å². The maximum Gasteiger partial charge on any atom is 0.237 e. The van der Waals surface area contributed by atoms with E-state index in [0.717, 1.165) is 25.8 Å². The maximum absolute atomic E-state index is 12.0. The predicted octanol–water partition coefficient (Wildman–Crippen LogP) is 2.85. The molecule has 106 valence electrons. The first-order valence-corrected chi connectivity index (χ1v) is 8.17. The molecule has 1 amide bonds. The standard InChI is InChI=1S/C15H24N2OS/c1-3-12-8-9-19-14(12)10-16-11(2)15(18)17-13-6-4-5-7-13/h8-9,11,13,16H,3-7,10H2,1-2H3,(H,17,18). The van der Waals surface area contributed by atoms with Crippen LogP contribution in [0, 0.1) is 0 Å². The zero-order valence-electron chi connectivity index (χ0n) is 11.9. The van der Waals surface area contributed by atoms with Crippen molar-refractivity contribution in [3.8, 4) is 0 Å². The Labute approximate surface area is 119 Å². The Hall–Kier alpha value is -0.870. The van der Waals surface area contributed by atoms with Crippen molar-refractivity contribution in [3.63, 3.8) is 0 Å². The van der Waals surface area contributed by atoms with Gasteiger partial charge >= 0.3 is 0 Å². The van der Waals surface area contributed by atoms with Crippen LogP contribution in [0.25, 0.3) is 0 Å². The Balaban J connectivity index is 1.77. The first-order chi connectivity index (χ1) is 9.20. The summed E-state index contributed by atoms with van der Waals surface area (Å²) in [6.45, 7) is 4.91. The number of hydrogen-bond donors (Lipinski definition) is 2. The molecule has 0 spiro atoms. The average Bonchev–Trinajstić information content (AvgIpc) is 3.06. The Kier molecular flexibility index (Phi) is 5.40. The fourth-order valence-corrected chi connectivity index (χ4v) is 3.50.